The Hall–Kier alpha value is -2.66. The standard InChI is InChI=1S/C21H19N3OS/c1-3-14-7-6-9-15-17(11-22-20(14)15)19(25)12-26-21-16-8-4-5-10-18(16)23-13(2)24-21/h4-11,22H,3,12H2,1-2H3. The van der Waals surface area contributed by atoms with E-state index >= 15 is 0 Å². The van der Waals surface area contributed by atoms with Crippen LogP contribution in [0.5, 0.6) is 0 Å². The number of aryl methyl sites for hydroxylation is 2. The Morgan fingerprint density at radius 2 is 1.88 bits per heavy atom. The number of nitrogens with one attached hydrogen (secondary N) is 1. The molecule has 26 heavy (non-hydrogen) atoms. The van der Waals surface area contributed by atoms with E-state index in [-0.39, 0.29) is 5.78 Å². The van der Waals surface area contributed by atoms with Gasteiger partial charge in [-0.25, -0.2) is 9.97 Å². The molecular weight excluding hydrogens is 342 g/mol. The Morgan fingerprint density at radius 1 is 1.08 bits per heavy atom. The van der Waals surface area contributed by atoms with Crippen LogP contribution in [0.25, 0.3) is 21.8 Å². The van der Waals surface area contributed by atoms with E-state index in [1.54, 1.807) is 0 Å². The largest absolute Gasteiger partial charge is 0.360 e. The maximum absolute atomic E-state index is 12.8. The first-order valence-electron chi connectivity index (χ1n) is 8.65. The van der Waals surface area contributed by atoms with E-state index in [1.165, 1.54) is 17.3 Å². The monoisotopic (exact) mass is 361 g/mol. The van der Waals surface area contributed by atoms with Crippen molar-refractivity contribution in [1.29, 1.82) is 0 Å². The number of carbonyl (C=O) groups excluding carboxylic acids is 1. The Bertz CT molecular complexity index is 1120. The van der Waals surface area contributed by atoms with Crippen molar-refractivity contribution in [3.8, 4) is 0 Å². The highest BCUT2D eigenvalue weighted by atomic mass is 32.2. The summed E-state index contributed by atoms with van der Waals surface area (Å²) in [6, 6.07) is 14.0. The second-order valence-corrected chi connectivity index (χ2v) is 7.16. The fourth-order valence-electron chi connectivity index (χ4n) is 3.22. The Labute approximate surface area is 156 Å². The predicted octanol–water partition coefficient (Wildman–Crippen LogP) is 4.96. The van der Waals surface area contributed by atoms with Crippen LogP contribution in [0.4, 0.5) is 0 Å². The lowest BCUT2D eigenvalue weighted by Gasteiger charge is -2.06. The molecule has 0 unspecified atom stereocenters. The molecular formula is C21H19N3OS. The molecule has 0 atom stereocenters. The first-order valence-corrected chi connectivity index (χ1v) is 9.64. The van der Waals surface area contributed by atoms with E-state index in [0.717, 1.165) is 44.6 Å². The second kappa shape index (κ2) is 6.92. The Kier molecular flexibility index (Phi) is 4.47. The molecule has 130 valence electrons. The van der Waals surface area contributed by atoms with Crippen LogP contribution in [0.1, 0.15) is 28.7 Å². The third-order valence-electron chi connectivity index (χ3n) is 4.50. The molecule has 0 aliphatic rings. The SMILES string of the molecule is CCc1cccc2c(C(=O)CSc3nc(C)nc4ccccc34)c[nH]c12. The Morgan fingerprint density at radius 3 is 2.73 bits per heavy atom. The quantitative estimate of drug-likeness (QED) is 0.310. The summed E-state index contributed by atoms with van der Waals surface area (Å²) in [6.45, 7) is 4.00. The number of rotatable bonds is 5. The molecule has 0 spiro atoms. The van der Waals surface area contributed by atoms with Gasteiger partial charge >= 0.3 is 0 Å². The van der Waals surface area contributed by atoms with Gasteiger partial charge in [-0.05, 0) is 25.0 Å². The third kappa shape index (κ3) is 2.99. The first kappa shape index (κ1) is 16.8. The van der Waals surface area contributed by atoms with Crippen LogP contribution >= 0.6 is 11.8 Å². The normalized spacial score (nSPS) is 11.3. The van der Waals surface area contributed by atoms with Gasteiger partial charge in [0.25, 0.3) is 0 Å². The van der Waals surface area contributed by atoms with Gasteiger partial charge in [0.05, 0.1) is 11.3 Å². The summed E-state index contributed by atoms with van der Waals surface area (Å²) in [4.78, 5) is 25.1. The van der Waals surface area contributed by atoms with Crippen molar-refractivity contribution < 1.29 is 4.79 Å². The topological polar surface area (TPSA) is 58.6 Å². The van der Waals surface area contributed by atoms with Crippen LogP contribution < -0.4 is 0 Å². The summed E-state index contributed by atoms with van der Waals surface area (Å²) >= 11 is 1.47. The van der Waals surface area contributed by atoms with Crippen LogP contribution in [-0.2, 0) is 6.42 Å². The van der Waals surface area contributed by atoms with Gasteiger partial charge < -0.3 is 4.98 Å². The van der Waals surface area contributed by atoms with Crippen LogP contribution in [0.3, 0.4) is 0 Å². The van der Waals surface area contributed by atoms with Crippen molar-refractivity contribution in [3.63, 3.8) is 0 Å². The van der Waals surface area contributed by atoms with Gasteiger partial charge in [0.15, 0.2) is 5.78 Å². The molecule has 0 saturated heterocycles. The van der Waals surface area contributed by atoms with Crippen LogP contribution in [0.15, 0.2) is 53.7 Å². The number of carbonyl (C=O) groups is 1. The zero-order valence-corrected chi connectivity index (χ0v) is 15.6. The highest BCUT2D eigenvalue weighted by Gasteiger charge is 2.15. The molecule has 0 bridgehead atoms. The number of nitrogens with zero attached hydrogens (tertiary/aromatic N) is 2. The van der Waals surface area contributed by atoms with Crippen molar-refractivity contribution in [3.05, 3.63) is 65.6 Å². The van der Waals surface area contributed by atoms with Gasteiger partial charge in [-0.15, -0.1) is 0 Å². The highest BCUT2D eigenvalue weighted by molar-refractivity contribution is 8.00. The molecule has 0 radical (unpaired) electrons. The molecule has 0 aliphatic carbocycles. The average molecular weight is 361 g/mol. The summed E-state index contributed by atoms with van der Waals surface area (Å²) in [6.07, 6.45) is 2.77. The number of H-pyrrole nitrogens is 1. The molecule has 0 saturated carbocycles. The summed E-state index contributed by atoms with van der Waals surface area (Å²) in [7, 11) is 0. The van der Waals surface area contributed by atoms with Gasteiger partial charge in [0.2, 0.25) is 0 Å². The summed E-state index contributed by atoms with van der Waals surface area (Å²) in [5, 5.41) is 2.84. The minimum atomic E-state index is 0.106. The summed E-state index contributed by atoms with van der Waals surface area (Å²) < 4.78 is 0. The molecule has 2 aromatic carbocycles. The molecule has 4 rings (SSSR count). The second-order valence-electron chi connectivity index (χ2n) is 6.20. The fraction of sp³-hybridized carbons (Fsp3) is 0.190. The van der Waals surface area contributed by atoms with Crippen molar-refractivity contribution in [2.75, 3.05) is 5.75 Å². The highest BCUT2D eigenvalue weighted by Crippen LogP contribution is 2.28. The van der Waals surface area contributed by atoms with Gasteiger partial charge in [0, 0.05) is 28.0 Å². The number of aromatic amines is 1. The molecule has 0 aliphatic heterocycles. The van der Waals surface area contributed by atoms with E-state index in [4.69, 9.17) is 0 Å². The fourth-order valence-corrected chi connectivity index (χ4v) is 4.17. The van der Waals surface area contributed by atoms with Gasteiger partial charge in [-0.1, -0.05) is 55.1 Å². The van der Waals surface area contributed by atoms with Crippen LogP contribution in [0.2, 0.25) is 0 Å². The van der Waals surface area contributed by atoms with Gasteiger partial charge in [-0.3, -0.25) is 4.79 Å². The lowest BCUT2D eigenvalue weighted by molar-refractivity contribution is 0.102. The molecule has 4 aromatic rings. The van der Waals surface area contributed by atoms with E-state index < -0.39 is 0 Å². The Balaban J connectivity index is 1.62. The number of ketones is 1. The van der Waals surface area contributed by atoms with Crippen molar-refractivity contribution in [2.24, 2.45) is 0 Å². The number of Topliss-reactive ketones (excluding diaryl/α,β-unsaturated/α-hetero) is 1. The summed E-state index contributed by atoms with van der Waals surface area (Å²) in [5.74, 6) is 1.18. The van der Waals surface area contributed by atoms with Crippen molar-refractivity contribution >= 4 is 39.4 Å². The molecule has 0 amide bonds. The van der Waals surface area contributed by atoms with E-state index in [2.05, 4.69) is 27.9 Å². The van der Waals surface area contributed by atoms with Gasteiger partial charge in [-0.2, -0.15) is 0 Å². The maximum Gasteiger partial charge on any atom is 0.175 e. The first-order chi connectivity index (χ1) is 12.7. The van der Waals surface area contributed by atoms with E-state index in [9.17, 15) is 4.79 Å². The number of para-hydroxylation sites is 2. The molecule has 0 fully saturated rings. The van der Waals surface area contributed by atoms with E-state index in [0.29, 0.717) is 5.75 Å². The zero-order valence-electron chi connectivity index (χ0n) is 14.7. The zero-order chi connectivity index (χ0) is 18.1. The average Bonchev–Trinajstić information content (AvgIpc) is 3.10. The minimum Gasteiger partial charge on any atom is -0.360 e. The number of aromatic nitrogens is 3. The molecule has 2 heterocycles. The predicted molar refractivity (Wildman–Crippen MR) is 107 cm³/mol. The van der Waals surface area contributed by atoms with Crippen molar-refractivity contribution in [1.82, 2.24) is 15.0 Å². The van der Waals surface area contributed by atoms with E-state index in [1.807, 2.05) is 49.5 Å². The number of hydrogen-bond donors (Lipinski definition) is 1. The number of thioether (sulfide) groups is 1. The van der Waals surface area contributed by atoms with Crippen LogP contribution in [-0.4, -0.2) is 26.5 Å². The molecule has 1 N–H and O–H groups in total. The molecule has 4 nitrogen and oxygen atoms in total. The number of fused-ring (bicyclic) bond motifs is 2. The summed E-state index contributed by atoms with van der Waals surface area (Å²) in [5.41, 5.74) is 3.95. The number of benzene rings is 2. The van der Waals surface area contributed by atoms with Gasteiger partial charge in [0.1, 0.15) is 10.9 Å². The third-order valence-corrected chi connectivity index (χ3v) is 5.49. The van der Waals surface area contributed by atoms with Crippen LogP contribution in [0, 0.1) is 6.92 Å². The lowest BCUT2D eigenvalue weighted by Crippen LogP contribution is -2.02. The molecule has 2 aromatic heterocycles. The number of hydrogen-bond acceptors (Lipinski definition) is 4. The lowest BCUT2D eigenvalue weighted by atomic mass is 10.1. The van der Waals surface area contributed by atoms with Crippen molar-refractivity contribution in [2.45, 2.75) is 25.3 Å². The maximum atomic E-state index is 12.8. The smallest absolute Gasteiger partial charge is 0.175 e. The minimum absolute atomic E-state index is 0.106. The molecule has 5 heteroatoms.